The van der Waals surface area contributed by atoms with E-state index in [1.54, 1.807) is 0 Å². The molecule has 4 nitrogen and oxygen atoms in total. The van der Waals surface area contributed by atoms with Gasteiger partial charge >= 0.3 is 0 Å². The maximum Gasteiger partial charge on any atom is 0.126 e. The Morgan fingerprint density at radius 3 is 3.00 bits per heavy atom. The Hall–Kier alpha value is -1.13. The van der Waals surface area contributed by atoms with Gasteiger partial charge in [0, 0.05) is 12.7 Å². The van der Waals surface area contributed by atoms with Crippen molar-refractivity contribution in [3.8, 4) is 0 Å². The van der Waals surface area contributed by atoms with Crippen molar-refractivity contribution in [2.45, 2.75) is 18.8 Å². The lowest BCUT2D eigenvalue weighted by molar-refractivity contribution is 0.311. The Morgan fingerprint density at radius 2 is 2.25 bits per heavy atom. The third kappa shape index (κ3) is 2.93. The Kier molecular flexibility index (Phi) is 4.13. The molecule has 0 saturated carbocycles. The highest BCUT2D eigenvalue weighted by Gasteiger charge is 2.15. The van der Waals surface area contributed by atoms with Crippen LogP contribution in [0.2, 0.25) is 0 Å². The van der Waals surface area contributed by atoms with Crippen LogP contribution in [0.5, 0.6) is 0 Å². The lowest BCUT2D eigenvalue weighted by atomic mass is 9.91. The molecule has 1 aromatic rings. The molecule has 0 radical (unpaired) electrons. The summed E-state index contributed by atoms with van der Waals surface area (Å²) in [6.45, 7) is 2.90. The molecule has 0 bridgehead atoms. The van der Waals surface area contributed by atoms with E-state index in [1.807, 2.05) is 6.20 Å². The summed E-state index contributed by atoms with van der Waals surface area (Å²) in [5, 5.41) is 15.2. The molecule has 0 aromatic carbocycles. The lowest BCUT2D eigenvalue weighted by Gasteiger charge is -2.23. The van der Waals surface area contributed by atoms with Crippen LogP contribution in [-0.2, 0) is 0 Å². The van der Waals surface area contributed by atoms with Gasteiger partial charge in [-0.3, -0.25) is 0 Å². The maximum atomic E-state index is 8.75. The number of hydrogen-bond acceptors (Lipinski definition) is 4. The van der Waals surface area contributed by atoms with Gasteiger partial charge in [0.25, 0.3) is 0 Å². The number of aromatic nitrogens is 1. The molecule has 16 heavy (non-hydrogen) atoms. The first kappa shape index (κ1) is 11.4. The van der Waals surface area contributed by atoms with E-state index in [0.29, 0.717) is 12.5 Å². The first-order chi connectivity index (χ1) is 7.90. The van der Waals surface area contributed by atoms with Gasteiger partial charge in [-0.2, -0.15) is 0 Å². The third-order valence-electron chi connectivity index (χ3n) is 3.01. The molecule has 4 heteroatoms. The normalized spacial score (nSPS) is 17.3. The number of aliphatic hydroxyl groups is 1. The highest BCUT2D eigenvalue weighted by Crippen LogP contribution is 2.25. The molecule has 0 atom stereocenters. The van der Waals surface area contributed by atoms with E-state index in [-0.39, 0.29) is 6.61 Å². The molecule has 88 valence electrons. The topological polar surface area (TPSA) is 57.2 Å². The van der Waals surface area contributed by atoms with Crippen molar-refractivity contribution in [2.75, 3.05) is 31.6 Å². The number of rotatable bonds is 4. The average Bonchev–Trinajstić information content (AvgIpc) is 2.38. The maximum absolute atomic E-state index is 8.75. The Morgan fingerprint density at radius 1 is 1.44 bits per heavy atom. The van der Waals surface area contributed by atoms with Crippen LogP contribution in [0.4, 0.5) is 5.82 Å². The van der Waals surface area contributed by atoms with Gasteiger partial charge in [0.15, 0.2) is 0 Å². The lowest BCUT2D eigenvalue weighted by Crippen LogP contribution is -2.26. The molecular formula is C12H19N3O. The van der Waals surface area contributed by atoms with Gasteiger partial charge < -0.3 is 15.7 Å². The molecule has 3 N–H and O–H groups in total. The van der Waals surface area contributed by atoms with Gasteiger partial charge in [0.05, 0.1) is 6.61 Å². The quantitative estimate of drug-likeness (QED) is 0.708. The number of aliphatic hydroxyl groups excluding tert-OH is 1. The number of piperidine rings is 1. The Balaban J connectivity index is 2.02. The van der Waals surface area contributed by atoms with Gasteiger partial charge in [-0.25, -0.2) is 4.98 Å². The minimum Gasteiger partial charge on any atom is -0.395 e. The SMILES string of the molecule is OCCNc1cc(C2CCNCC2)ccn1. The van der Waals surface area contributed by atoms with E-state index in [2.05, 4.69) is 27.8 Å². The zero-order valence-corrected chi connectivity index (χ0v) is 9.45. The van der Waals surface area contributed by atoms with Gasteiger partial charge in [-0.05, 0) is 49.5 Å². The van der Waals surface area contributed by atoms with Gasteiger partial charge in [-0.15, -0.1) is 0 Å². The first-order valence-corrected chi connectivity index (χ1v) is 5.91. The summed E-state index contributed by atoms with van der Waals surface area (Å²) in [6.07, 6.45) is 4.24. The van der Waals surface area contributed by atoms with Gasteiger partial charge in [-0.1, -0.05) is 0 Å². The summed E-state index contributed by atoms with van der Waals surface area (Å²) in [4.78, 5) is 4.23. The zero-order valence-electron chi connectivity index (χ0n) is 9.45. The summed E-state index contributed by atoms with van der Waals surface area (Å²) in [5.41, 5.74) is 1.36. The number of anilines is 1. The highest BCUT2D eigenvalue weighted by molar-refractivity contribution is 5.38. The second-order valence-electron chi connectivity index (χ2n) is 4.15. The van der Waals surface area contributed by atoms with Crippen molar-refractivity contribution in [1.82, 2.24) is 10.3 Å². The van der Waals surface area contributed by atoms with Crippen molar-refractivity contribution in [3.63, 3.8) is 0 Å². The first-order valence-electron chi connectivity index (χ1n) is 5.91. The Bertz CT molecular complexity index is 324. The molecule has 1 aromatic heterocycles. The average molecular weight is 221 g/mol. The molecule has 1 aliphatic heterocycles. The smallest absolute Gasteiger partial charge is 0.126 e. The standard InChI is InChI=1S/C12H19N3O/c16-8-7-15-12-9-11(3-6-14-12)10-1-4-13-5-2-10/h3,6,9-10,13,16H,1-2,4-5,7-8H2,(H,14,15). The largest absolute Gasteiger partial charge is 0.395 e. The monoisotopic (exact) mass is 221 g/mol. The molecule has 1 aliphatic rings. The minimum absolute atomic E-state index is 0.138. The highest BCUT2D eigenvalue weighted by atomic mass is 16.3. The second kappa shape index (κ2) is 5.82. The zero-order chi connectivity index (χ0) is 11.2. The predicted molar refractivity (Wildman–Crippen MR) is 64.7 cm³/mol. The second-order valence-corrected chi connectivity index (χ2v) is 4.15. The minimum atomic E-state index is 0.138. The van der Waals surface area contributed by atoms with Crippen LogP contribution < -0.4 is 10.6 Å². The van der Waals surface area contributed by atoms with E-state index in [0.717, 1.165) is 18.9 Å². The van der Waals surface area contributed by atoms with Gasteiger partial charge in [0.2, 0.25) is 0 Å². The van der Waals surface area contributed by atoms with Crippen LogP contribution in [0.3, 0.4) is 0 Å². The fraction of sp³-hybridized carbons (Fsp3) is 0.583. The fourth-order valence-electron chi connectivity index (χ4n) is 2.14. The van der Waals surface area contributed by atoms with Crippen molar-refractivity contribution in [2.24, 2.45) is 0 Å². The molecule has 0 aliphatic carbocycles. The molecular weight excluding hydrogens is 202 g/mol. The number of nitrogens with zero attached hydrogens (tertiary/aromatic N) is 1. The summed E-state index contributed by atoms with van der Waals surface area (Å²) in [5.74, 6) is 1.52. The van der Waals surface area contributed by atoms with Crippen molar-refractivity contribution in [3.05, 3.63) is 23.9 Å². The van der Waals surface area contributed by atoms with E-state index in [4.69, 9.17) is 5.11 Å². The summed E-state index contributed by atoms with van der Waals surface area (Å²) in [7, 11) is 0. The molecule has 1 saturated heterocycles. The van der Waals surface area contributed by atoms with Crippen LogP contribution in [-0.4, -0.2) is 36.3 Å². The van der Waals surface area contributed by atoms with Crippen LogP contribution in [0.15, 0.2) is 18.3 Å². The molecule has 0 spiro atoms. The van der Waals surface area contributed by atoms with Crippen LogP contribution in [0.1, 0.15) is 24.3 Å². The molecule has 0 amide bonds. The fourth-order valence-corrected chi connectivity index (χ4v) is 2.14. The molecule has 2 heterocycles. The van der Waals surface area contributed by atoms with Gasteiger partial charge in [0.1, 0.15) is 5.82 Å². The van der Waals surface area contributed by atoms with E-state index < -0.39 is 0 Å². The van der Waals surface area contributed by atoms with Crippen LogP contribution >= 0.6 is 0 Å². The predicted octanol–water partition coefficient (Wildman–Crippen LogP) is 0.953. The van der Waals surface area contributed by atoms with E-state index >= 15 is 0 Å². The molecule has 2 rings (SSSR count). The van der Waals surface area contributed by atoms with Crippen molar-refractivity contribution < 1.29 is 5.11 Å². The molecule has 1 fully saturated rings. The van der Waals surface area contributed by atoms with Crippen LogP contribution in [0.25, 0.3) is 0 Å². The van der Waals surface area contributed by atoms with E-state index in [9.17, 15) is 0 Å². The summed E-state index contributed by atoms with van der Waals surface area (Å²) < 4.78 is 0. The van der Waals surface area contributed by atoms with E-state index in [1.165, 1.54) is 18.4 Å². The van der Waals surface area contributed by atoms with Crippen molar-refractivity contribution >= 4 is 5.82 Å². The van der Waals surface area contributed by atoms with Crippen molar-refractivity contribution in [1.29, 1.82) is 0 Å². The summed E-state index contributed by atoms with van der Waals surface area (Å²) >= 11 is 0. The van der Waals surface area contributed by atoms with Crippen LogP contribution in [0, 0.1) is 0 Å². The third-order valence-corrected chi connectivity index (χ3v) is 3.01. The number of pyridine rings is 1. The number of nitrogens with one attached hydrogen (secondary N) is 2. The Labute approximate surface area is 96.1 Å². The summed E-state index contributed by atoms with van der Waals surface area (Å²) in [6, 6.07) is 4.20. The molecule has 0 unspecified atom stereocenters. The number of hydrogen-bond donors (Lipinski definition) is 3.